The van der Waals surface area contributed by atoms with Crippen molar-refractivity contribution in [2.45, 2.75) is 89.6 Å². The summed E-state index contributed by atoms with van der Waals surface area (Å²) in [5.74, 6) is -3.74. The molecule has 0 aliphatic heterocycles. The Balaban J connectivity index is 0.000000453. The van der Waals surface area contributed by atoms with Gasteiger partial charge in [0.1, 0.15) is 11.6 Å². The summed E-state index contributed by atoms with van der Waals surface area (Å²) in [6.45, 7) is 7.41. The Hall–Kier alpha value is -4.78. The van der Waals surface area contributed by atoms with Crippen molar-refractivity contribution in [3.63, 3.8) is 0 Å². The number of benzene rings is 2. The van der Waals surface area contributed by atoms with Crippen LogP contribution in [0.1, 0.15) is 87.7 Å². The molecule has 2 aromatic heterocycles. The van der Waals surface area contributed by atoms with E-state index in [1.54, 1.807) is 0 Å². The summed E-state index contributed by atoms with van der Waals surface area (Å²) in [6, 6.07) is 11.0. The van der Waals surface area contributed by atoms with Gasteiger partial charge < -0.3 is 30.6 Å². The molecule has 0 unspecified atom stereocenters. The second-order valence-electron chi connectivity index (χ2n) is 16.0. The molecule has 4 aromatic rings. The molecule has 0 fully saturated rings. The van der Waals surface area contributed by atoms with Crippen molar-refractivity contribution < 1.29 is 65.8 Å². The van der Waals surface area contributed by atoms with Crippen molar-refractivity contribution in [3.8, 4) is 22.5 Å². The third-order valence-electron chi connectivity index (χ3n) is 9.63. The SMILES string of the molecule is CC(C)c1nc(N(C)S(C)(=O)=O)nc(-c2ccc(F)cc2)c1/C=C/[C@@H](O)C[C@@H](O)CC(=O)O.CC(C)c1nc(N(C)S(C)(=O)=O)nc(-c2ccc(F)cc2)c1/C=C/[C@@H](O)C[C@@H](O)CC(=O)O.[NaH]. The topological polar surface area (TPSA) is 282 Å². The van der Waals surface area contributed by atoms with Crippen LogP contribution in [-0.4, -0.2) is 160 Å². The van der Waals surface area contributed by atoms with Crippen molar-refractivity contribution in [1.82, 2.24) is 19.9 Å². The van der Waals surface area contributed by atoms with Crippen LogP contribution < -0.4 is 8.61 Å². The average molecular weight is 987 g/mol. The Bertz CT molecular complexity index is 2430. The second kappa shape index (κ2) is 25.5. The summed E-state index contributed by atoms with van der Waals surface area (Å²) < 4.78 is 77.2. The van der Waals surface area contributed by atoms with Gasteiger partial charge in [0.25, 0.3) is 0 Å². The molecule has 0 aliphatic rings. The summed E-state index contributed by atoms with van der Waals surface area (Å²) >= 11 is 0. The number of aliphatic carboxylic acids is 2. The third-order valence-corrected chi connectivity index (χ3v) is 11.9. The van der Waals surface area contributed by atoms with Gasteiger partial charge in [-0.15, -0.1) is 0 Å². The van der Waals surface area contributed by atoms with Gasteiger partial charge in [-0.05, 0) is 60.4 Å². The Kier molecular flexibility index (Phi) is 22.2. The summed E-state index contributed by atoms with van der Waals surface area (Å²) in [5.41, 5.74) is 3.60. The fourth-order valence-electron chi connectivity index (χ4n) is 6.09. The van der Waals surface area contributed by atoms with Crippen LogP contribution >= 0.6 is 0 Å². The van der Waals surface area contributed by atoms with Crippen molar-refractivity contribution in [3.05, 3.63) is 94.8 Å². The number of carbonyl (C=O) groups is 2. The molecule has 6 N–H and O–H groups in total. The first-order chi connectivity index (χ1) is 30.6. The number of carboxylic acids is 2. The van der Waals surface area contributed by atoms with Crippen molar-refractivity contribution in [1.29, 1.82) is 0 Å². The quantitative estimate of drug-likeness (QED) is 0.0678. The molecule has 0 saturated carbocycles. The van der Waals surface area contributed by atoms with Crippen LogP contribution in [0.5, 0.6) is 0 Å². The zero-order valence-corrected chi connectivity index (χ0v) is 39.2. The third kappa shape index (κ3) is 18.0. The summed E-state index contributed by atoms with van der Waals surface area (Å²) in [6.07, 6.45) is 1.72. The molecule has 23 heteroatoms. The number of hydrogen-bond donors (Lipinski definition) is 6. The van der Waals surface area contributed by atoms with Gasteiger partial charge in [-0.2, -0.15) is 0 Å². The van der Waals surface area contributed by atoms with E-state index in [2.05, 4.69) is 19.9 Å². The minimum absolute atomic E-state index is 0. The minimum atomic E-state index is -3.65. The van der Waals surface area contributed by atoms with Crippen molar-refractivity contribution in [2.75, 3.05) is 35.2 Å². The Morgan fingerprint density at radius 2 is 0.896 bits per heavy atom. The number of halogens is 2. The van der Waals surface area contributed by atoms with Gasteiger partial charge in [-0.25, -0.2) is 54.2 Å². The number of aromatic nitrogens is 4. The molecule has 0 amide bonds. The summed E-state index contributed by atoms with van der Waals surface area (Å²) in [5, 5.41) is 57.6. The molecule has 0 aliphatic carbocycles. The van der Waals surface area contributed by atoms with E-state index in [0.29, 0.717) is 45.0 Å². The molecule has 67 heavy (non-hydrogen) atoms. The Morgan fingerprint density at radius 3 is 1.15 bits per heavy atom. The maximum absolute atomic E-state index is 13.5. The average Bonchev–Trinajstić information content (AvgIpc) is 3.20. The molecule has 18 nitrogen and oxygen atoms in total. The molecule has 2 heterocycles. The van der Waals surface area contributed by atoms with Crippen LogP contribution in [-0.2, 0) is 29.6 Å². The van der Waals surface area contributed by atoms with E-state index in [9.17, 15) is 55.6 Å². The van der Waals surface area contributed by atoms with Gasteiger partial charge in [-0.3, -0.25) is 9.59 Å². The predicted molar refractivity (Wildman–Crippen MR) is 253 cm³/mol. The Morgan fingerprint density at radius 1 is 0.597 bits per heavy atom. The van der Waals surface area contributed by atoms with Crippen LogP contribution in [0.15, 0.2) is 60.7 Å². The van der Waals surface area contributed by atoms with Gasteiger partial charge in [-0.1, -0.05) is 52.0 Å². The van der Waals surface area contributed by atoms with Gasteiger partial charge in [0.2, 0.25) is 31.9 Å². The maximum atomic E-state index is 13.5. The van der Waals surface area contributed by atoms with Crippen LogP contribution in [0.4, 0.5) is 20.7 Å². The van der Waals surface area contributed by atoms with E-state index in [-0.39, 0.29) is 66.1 Å². The molecular formula is C44H57F2N6NaO12S2. The number of hydrogen-bond acceptors (Lipinski definition) is 14. The normalized spacial score (nSPS) is 13.7. The van der Waals surface area contributed by atoms with Crippen LogP contribution in [0.2, 0.25) is 0 Å². The molecule has 4 rings (SSSR count). The fourth-order valence-corrected chi connectivity index (χ4v) is 6.85. The number of rotatable bonds is 20. The molecule has 4 atom stereocenters. The molecular weight excluding hydrogens is 930 g/mol. The van der Waals surface area contributed by atoms with E-state index >= 15 is 0 Å². The van der Waals surface area contributed by atoms with Gasteiger partial charge in [0.05, 0.1) is 72.5 Å². The molecule has 0 spiro atoms. The summed E-state index contributed by atoms with van der Waals surface area (Å²) in [4.78, 5) is 39.1. The number of nitrogens with zero attached hydrogens (tertiary/aromatic N) is 6. The number of carboxylic acid groups (broad SMARTS) is 2. The van der Waals surface area contributed by atoms with E-state index in [0.717, 1.165) is 21.1 Å². The van der Waals surface area contributed by atoms with E-state index in [1.807, 2.05) is 27.7 Å². The van der Waals surface area contributed by atoms with E-state index in [1.165, 1.54) is 86.9 Å². The van der Waals surface area contributed by atoms with Crippen LogP contribution in [0.3, 0.4) is 0 Å². The monoisotopic (exact) mass is 986 g/mol. The molecule has 2 aromatic carbocycles. The number of aliphatic hydroxyl groups is 4. The first-order valence-electron chi connectivity index (χ1n) is 20.3. The fraction of sp³-hybridized carbons (Fsp3) is 0.409. The van der Waals surface area contributed by atoms with Gasteiger partial charge in [0, 0.05) is 49.2 Å². The standard InChI is InChI=1S/2C22H28FN3O6S.Na.H/c2*1-13(2)20-18(10-9-16(27)11-17(28)12-19(29)30)21(14-5-7-15(23)8-6-14)25-22(24-20)26(3)33(4,31)32;;/h2*5-10,13,16-17,27-28H,11-12H2,1-4H3,(H,29,30);;/b2*10-9+;;/t2*16-,17-;;/m11../s1. The zero-order valence-electron chi connectivity index (χ0n) is 37.6. The zero-order chi connectivity index (χ0) is 49.8. The number of sulfonamides is 2. The molecule has 0 radical (unpaired) electrons. The summed E-state index contributed by atoms with van der Waals surface area (Å²) in [7, 11) is -4.65. The number of aliphatic hydroxyl groups excluding tert-OH is 4. The molecule has 0 saturated heterocycles. The van der Waals surface area contributed by atoms with E-state index < -0.39 is 80.9 Å². The number of anilines is 2. The second-order valence-corrected chi connectivity index (χ2v) is 20.0. The molecule has 0 bridgehead atoms. The van der Waals surface area contributed by atoms with Gasteiger partial charge in [0.15, 0.2) is 0 Å². The van der Waals surface area contributed by atoms with E-state index in [4.69, 9.17) is 10.2 Å². The predicted octanol–water partition coefficient (Wildman–Crippen LogP) is 4.15. The van der Waals surface area contributed by atoms with Crippen LogP contribution in [0, 0.1) is 11.6 Å². The van der Waals surface area contributed by atoms with Crippen molar-refractivity contribution in [2.24, 2.45) is 0 Å². The van der Waals surface area contributed by atoms with Crippen LogP contribution in [0.25, 0.3) is 34.7 Å². The molecule has 362 valence electrons. The first-order valence-corrected chi connectivity index (χ1v) is 24.0. The van der Waals surface area contributed by atoms with Gasteiger partial charge >= 0.3 is 41.5 Å². The van der Waals surface area contributed by atoms with Crippen molar-refractivity contribution >= 4 is 85.6 Å². The first kappa shape index (κ1) is 58.3. The Labute approximate surface area is 411 Å².